The Labute approximate surface area is 138 Å². The highest BCUT2D eigenvalue weighted by atomic mass is 16.2. The molecule has 1 aromatic carbocycles. The highest BCUT2D eigenvalue weighted by Gasteiger charge is 2.21. The summed E-state index contributed by atoms with van der Waals surface area (Å²) in [6, 6.07) is 10.1. The highest BCUT2D eigenvalue weighted by molar-refractivity contribution is 5.78. The summed E-state index contributed by atoms with van der Waals surface area (Å²) in [5.74, 6) is 0.372. The molecule has 23 heavy (non-hydrogen) atoms. The van der Waals surface area contributed by atoms with Crippen LogP contribution in [0, 0.1) is 0 Å². The Kier molecular flexibility index (Phi) is 7.07. The summed E-state index contributed by atoms with van der Waals surface area (Å²) < 4.78 is 0. The van der Waals surface area contributed by atoms with Gasteiger partial charge in [0.05, 0.1) is 0 Å². The summed E-state index contributed by atoms with van der Waals surface area (Å²) in [5, 5.41) is 3.00. The van der Waals surface area contributed by atoms with Gasteiger partial charge in [-0.05, 0) is 25.5 Å². The number of aryl methyl sites for hydroxylation is 1. The zero-order valence-electron chi connectivity index (χ0n) is 14.0. The Hall–Kier alpha value is -1.88. The quantitative estimate of drug-likeness (QED) is 0.860. The minimum Gasteiger partial charge on any atom is -0.341 e. The first kappa shape index (κ1) is 17.5. The van der Waals surface area contributed by atoms with Gasteiger partial charge in [-0.15, -0.1) is 0 Å². The van der Waals surface area contributed by atoms with E-state index in [4.69, 9.17) is 0 Å². The largest absolute Gasteiger partial charge is 0.341 e. The molecule has 5 nitrogen and oxygen atoms in total. The van der Waals surface area contributed by atoms with E-state index in [2.05, 4.69) is 17.4 Å². The average Bonchev–Trinajstić information content (AvgIpc) is 2.84. The van der Waals surface area contributed by atoms with E-state index in [9.17, 15) is 9.59 Å². The number of amides is 2. The van der Waals surface area contributed by atoms with Crippen LogP contribution in [-0.4, -0.2) is 61.4 Å². The summed E-state index contributed by atoms with van der Waals surface area (Å²) in [4.78, 5) is 28.3. The summed E-state index contributed by atoms with van der Waals surface area (Å²) in [6.07, 6.45) is 2.71. The van der Waals surface area contributed by atoms with Gasteiger partial charge in [0.2, 0.25) is 11.8 Å². The van der Waals surface area contributed by atoms with Crippen molar-refractivity contribution in [3.05, 3.63) is 35.9 Å². The molecular formula is C18H27N3O2. The van der Waals surface area contributed by atoms with Crippen LogP contribution in [0.15, 0.2) is 30.3 Å². The Morgan fingerprint density at radius 1 is 0.957 bits per heavy atom. The maximum absolute atomic E-state index is 12.4. The van der Waals surface area contributed by atoms with Crippen LogP contribution in [0.5, 0.6) is 0 Å². The molecule has 0 atom stereocenters. The predicted molar refractivity (Wildman–Crippen MR) is 91.1 cm³/mol. The van der Waals surface area contributed by atoms with Gasteiger partial charge >= 0.3 is 0 Å². The van der Waals surface area contributed by atoms with Crippen LogP contribution in [0.2, 0.25) is 0 Å². The van der Waals surface area contributed by atoms with Gasteiger partial charge in [-0.25, -0.2) is 0 Å². The molecule has 5 heteroatoms. The highest BCUT2D eigenvalue weighted by Crippen LogP contribution is 2.09. The molecule has 0 saturated carbocycles. The number of hydrogen-bond acceptors (Lipinski definition) is 3. The Morgan fingerprint density at radius 2 is 1.57 bits per heavy atom. The van der Waals surface area contributed by atoms with E-state index < -0.39 is 0 Å². The van der Waals surface area contributed by atoms with Crippen molar-refractivity contribution in [2.75, 3.05) is 39.8 Å². The van der Waals surface area contributed by atoms with Crippen LogP contribution in [-0.2, 0) is 16.0 Å². The van der Waals surface area contributed by atoms with E-state index >= 15 is 0 Å². The summed E-state index contributed by atoms with van der Waals surface area (Å²) in [5.41, 5.74) is 1.19. The van der Waals surface area contributed by atoms with Gasteiger partial charge in [0.25, 0.3) is 0 Å². The van der Waals surface area contributed by atoms with E-state index in [1.54, 1.807) is 0 Å². The molecule has 1 aromatic rings. The third-order valence-corrected chi connectivity index (χ3v) is 4.26. The molecule has 1 aliphatic rings. The molecule has 0 aliphatic carbocycles. The van der Waals surface area contributed by atoms with Crippen LogP contribution < -0.4 is 5.32 Å². The van der Waals surface area contributed by atoms with Crippen molar-refractivity contribution in [1.29, 1.82) is 0 Å². The molecule has 0 aromatic heterocycles. The molecule has 0 spiro atoms. The van der Waals surface area contributed by atoms with Gasteiger partial charge in [-0.2, -0.15) is 0 Å². The molecule has 2 amide bonds. The lowest BCUT2D eigenvalue weighted by molar-refractivity contribution is -0.133. The average molecular weight is 317 g/mol. The monoisotopic (exact) mass is 317 g/mol. The second-order valence-corrected chi connectivity index (χ2v) is 5.95. The van der Waals surface area contributed by atoms with Gasteiger partial charge in [-0.3, -0.25) is 9.59 Å². The second kappa shape index (κ2) is 9.30. The fraction of sp³-hybridized carbons (Fsp3) is 0.556. The first-order valence-corrected chi connectivity index (χ1v) is 8.45. The fourth-order valence-corrected chi connectivity index (χ4v) is 2.86. The molecule has 1 heterocycles. The molecule has 126 valence electrons. The first-order valence-electron chi connectivity index (χ1n) is 8.45. The van der Waals surface area contributed by atoms with Crippen molar-refractivity contribution in [2.24, 2.45) is 0 Å². The van der Waals surface area contributed by atoms with Gasteiger partial charge in [0.15, 0.2) is 0 Å². The van der Waals surface area contributed by atoms with Crippen LogP contribution in [0.25, 0.3) is 0 Å². The zero-order valence-corrected chi connectivity index (χ0v) is 14.0. The van der Waals surface area contributed by atoms with Crippen molar-refractivity contribution < 1.29 is 9.59 Å². The molecule has 0 unspecified atom stereocenters. The number of nitrogens with zero attached hydrogens (tertiary/aromatic N) is 2. The van der Waals surface area contributed by atoms with Gasteiger partial charge in [-0.1, -0.05) is 30.3 Å². The smallest absolute Gasteiger partial charge is 0.223 e. The van der Waals surface area contributed by atoms with Crippen LogP contribution in [0.3, 0.4) is 0 Å². The van der Waals surface area contributed by atoms with E-state index in [-0.39, 0.29) is 11.8 Å². The van der Waals surface area contributed by atoms with Crippen molar-refractivity contribution in [1.82, 2.24) is 15.1 Å². The molecule has 1 saturated heterocycles. The molecule has 1 N–H and O–H groups in total. The van der Waals surface area contributed by atoms with Gasteiger partial charge in [0, 0.05) is 45.6 Å². The van der Waals surface area contributed by atoms with Crippen LogP contribution >= 0.6 is 0 Å². The summed E-state index contributed by atoms with van der Waals surface area (Å²) >= 11 is 0. The number of carbonyl (C=O) groups excluding carboxylic acids is 2. The minimum atomic E-state index is 0.179. The van der Waals surface area contributed by atoms with Crippen molar-refractivity contribution in [3.8, 4) is 0 Å². The Morgan fingerprint density at radius 3 is 2.17 bits per heavy atom. The molecule has 0 radical (unpaired) electrons. The minimum absolute atomic E-state index is 0.179. The second-order valence-electron chi connectivity index (χ2n) is 5.95. The topological polar surface area (TPSA) is 52.7 Å². The number of nitrogens with one attached hydrogen (secondary N) is 1. The van der Waals surface area contributed by atoms with Crippen molar-refractivity contribution in [2.45, 2.75) is 25.7 Å². The third kappa shape index (κ3) is 5.67. The lowest BCUT2D eigenvalue weighted by Gasteiger charge is -2.22. The molecular weight excluding hydrogens is 290 g/mol. The third-order valence-electron chi connectivity index (χ3n) is 4.26. The summed E-state index contributed by atoms with van der Waals surface area (Å²) in [6.45, 7) is 3.52. The molecule has 1 fully saturated rings. The number of benzene rings is 1. The van der Waals surface area contributed by atoms with E-state index in [0.717, 1.165) is 25.9 Å². The zero-order chi connectivity index (χ0) is 16.5. The normalized spacial score (nSPS) is 15.3. The fourth-order valence-electron chi connectivity index (χ4n) is 2.86. The van der Waals surface area contributed by atoms with Crippen molar-refractivity contribution >= 4 is 11.8 Å². The standard InChI is InChI=1S/C18H27N3O2/c1-19-11-10-18(23)21-13-5-12-20(14-15-21)17(22)9-8-16-6-3-2-4-7-16/h2-4,6-7,19H,5,8-15H2,1H3. The van der Waals surface area contributed by atoms with Gasteiger partial charge < -0.3 is 15.1 Å². The predicted octanol–water partition coefficient (Wildman–Crippen LogP) is 1.29. The molecule has 1 aliphatic heterocycles. The van der Waals surface area contributed by atoms with E-state index in [1.807, 2.05) is 35.0 Å². The van der Waals surface area contributed by atoms with E-state index in [0.29, 0.717) is 32.5 Å². The maximum Gasteiger partial charge on any atom is 0.223 e. The molecule has 2 rings (SSSR count). The van der Waals surface area contributed by atoms with Gasteiger partial charge in [0.1, 0.15) is 0 Å². The lowest BCUT2D eigenvalue weighted by Crippen LogP contribution is -2.38. The molecule has 0 bridgehead atoms. The summed E-state index contributed by atoms with van der Waals surface area (Å²) in [7, 11) is 1.85. The number of carbonyl (C=O) groups is 2. The van der Waals surface area contributed by atoms with Crippen molar-refractivity contribution in [3.63, 3.8) is 0 Å². The first-order chi connectivity index (χ1) is 11.2. The number of hydrogen-bond donors (Lipinski definition) is 1. The van der Waals surface area contributed by atoms with E-state index in [1.165, 1.54) is 5.56 Å². The maximum atomic E-state index is 12.4. The Bertz CT molecular complexity index is 504. The Balaban J connectivity index is 1.78. The lowest BCUT2D eigenvalue weighted by atomic mass is 10.1. The SMILES string of the molecule is CNCCC(=O)N1CCCN(C(=O)CCc2ccccc2)CC1. The van der Waals surface area contributed by atoms with Crippen LogP contribution in [0.1, 0.15) is 24.8 Å². The van der Waals surface area contributed by atoms with Crippen LogP contribution in [0.4, 0.5) is 0 Å². The number of rotatable bonds is 6.